The predicted molar refractivity (Wildman–Crippen MR) is 77.8 cm³/mol. The van der Waals surface area contributed by atoms with E-state index in [2.05, 4.69) is 5.32 Å². The number of carbonyl (C=O) groups excluding carboxylic acids is 1. The number of carbonyl (C=O) groups is 1. The van der Waals surface area contributed by atoms with Crippen molar-refractivity contribution in [3.8, 4) is 0 Å². The Balaban J connectivity index is 2.38. The fourth-order valence-corrected chi connectivity index (χ4v) is 2.01. The molecule has 1 rings (SSSR count). The number of Topliss-reactive ketones (excluding diaryl/α,β-unsaturated/α-hetero) is 1. The zero-order valence-corrected chi connectivity index (χ0v) is 11.8. The number of hydrogen-bond acceptors (Lipinski definition) is 4. The van der Waals surface area contributed by atoms with Gasteiger partial charge in [-0.1, -0.05) is 24.4 Å². The monoisotopic (exact) mass is 267 g/mol. The number of hydrogen-bond donors (Lipinski definition) is 2. The van der Waals surface area contributed by atoms with E-state index < -0.39 is 0 Å². The lowest BCUT2D eigenvalue weighted by atomic mass is 9.99. The minimum atomic E-state index is -0.138. The zero-order chi connectivity index (χ0) is 13.6. The van der Waals surface area contributed by atoms with Crippen LogP contribution in [0.4, 0.5) is 0 Å². The molecule has 0 saturated carbocycles. The third kappa shape index (κ3) is 5.21. The normalized spacial score (nSPS) is 15.7. The highest BCUT2D eigenvalue weighted by atomic mass is 32.1. The quantitative estimate of drug-likeness (QED) is 0.692. The van der Waals surface area contributed by atoms with Crippen molar-refractivity contribution >= 4 is 22.9 Å². The van der Waals surface area contributed by atoms with Gasteiger partial charge in [0.2, 0.25) is 0 Å². The highest BCUT2D eigenvalue weighted by molar-refractivity contribution is 7.80. The van der Waals surface area contributed by atoms with Gasteiger partial charge >= 0.3 is 0 Å². The Hall–Kier alpha value is -0.840. The first-order valence-corrected chi connectivity index (χ1v) is 6.65. The molecule has 2 N–H and O–H groups in total. The summed E-state index contributed by atoms with van der Waals surface area (Å²) in [5.74, 6) is 0.112. The molecule has 0 atom stereocenters. The molecule has 3 nitrogen and oxygen atoms in total. The maximum Gasteiger partial charge on any atom is 0.164 e. The smallest absolute Gasteiger partial charge is 0.164 e. The van der Waals surface area contributed by atoms with Crippen LogP contribution < -0.4 is 5.32 Å². The zero-order valence-electron chi connectivity index (χ0n) is 11.0. The summed E-state index contributed by atoms with van der Waals surface area (Å²) >= 11 is 5.09. The van der Waals surface area contributed by atoms with Crippen LogP contribution in [0.2, 0.25) is 0 Å². The van der Waals surface area contributed by atoms with Gasteiger partial charge in [0.15, 0.2) is 5.78 Å². The van der Waals surface area contributed by atoms with Gasteiger partial charge in [0.1, 0.15) is 0 Å². The van der Waals surface area contributed by atoms with Gasteiger partial charge in [0.25, 0.3) is 0 Å². The second-order valence-electron chi connectivity index (χ2n) is 5.13. The van der Waals surface area contributed by atoms with Crippen LogP contribution in [0.5, 0.6) is 0 Å². The molecule has 1 aliphatic rings. The van der Waals surface area contributed by atoms with Crippen molar-refractivity contribution in [1.82, 2.24) is 5.32 Å². The Morgan fingerprint density at radius 3 is 2.89 bits per heavy atom. The summed E-state index contributed by atoms with van der Waals surface area (Å²) in [5, 5.41) is 12.2. The van der Waals surface area contributed by atoms with E-state index in [0.29, 0.717) is 25.0 Å². The summed E-state index contributed by atoms with van der Waals surface area (Å²) in [5.41, 5.74) is 0.564. The molecule has 0 radical (unpaired) electrons. The van der Waals surface area contributed by atoms with E-state index in [1.165, 1.54) is 0 Å². The van der Waals surface area contributed by atoms with Crippen LogP contribution in [0.15, 0.2) is 23.8 Å². The second kappa shape index (κ2) is 6.92. The molecule has 4 heteroatoms. The van der Waals surface area contributed by atoms with Crippen molar-refractivity contribution in [3.05, 3.63) is 23.8 Å². The van der Waals surface area contributed by atoms with Gasteiger partial charge in [-0.15, -0.1) is 0 Å². The standard InChI is InChI=1S/C14H21NO2S/c1-14(2,7-9-16)15-8-6-13(17)11-4-3-5-12(18)10-11/h3-4,10,15-16H,5-9H2,1-2H3. The molecule has 0 aromatic heterocycles. The summed E-state index contributed by atoms with van der Waals surface area (Å²) in [6.07, 6.45) is 7.45. The Bertz CT molecular complexity index is 383. The maximum atomic E-state index is 11.9. The number of aliphatic hydroxyl groups is 1. The van der Waals surface area contributed by atoms with E-state index in [9.17, 15) is 4.79 Å². The summed E-state index contributed by atoms with van der Waals surface area (Å²) in [7, 11) is 0. The van der Waals surface area contributed by atoms with Gasteiger partial charge in [0, 0.05) is 42.0 Å². The molecule has 0 amide bonds. The highest BCUT2D eigenvalue weighted by Gasteiger charge is 2.17. The number of aliphatic hydroxyl groups excluding tert-OH is 1. The second-order valence-corrected chi connectivity index (χ2v) is 5.65. The molecule has 0 saturated heterocycles. The van der Waals surface area contributed by atoms with E-state index in [0.717, 1.165) is 11.3 Å². The van der Waals surface area contributed by atoms with Gasteiger partial charge in [-0.25, -0.2) is 0 Å². The lowest BCUT2D eigenvalue weighted by Crippen LogP contribution is -2.41. The molecule has 0 spiro atoms. The van der Waals surface area contributed by atoms with Gasteiger partial charge < -0.3 is 10.4 Å². The minimum Gasteiger partial charge on any atom is -0.396 e. The number of ketones is 1. The van der Waals surface area contributed by atoms with Crippen molar-refractivity contribution in [2.45, 2.75) is 38.6 Å². The Morgan fingerprint density at radius 1 is 1.56 bits per heavy atom. The van der Waals surface area contributed by atoms with E-state index in [1.807, 2.05) is 26.0 Å². The molecular formula is C14H21NO2S. The molecule has 18 heavy (non-hydrogen) atoms. The van der Waals surface area contributed by atoms with Gasteiger partial charge in [0.05, 0.1) is 0 Å². The molecule has 0 unspecified atom stereocenters. The molecule has 0 fully saturated rings. The fraction of sp³-hybridized carbons (Fsp3) is 0.571. The first kappa shape index (κ1) is 15.2. The number of rotatable bonds is 7. The predicted octanol–water partition coefficient (Wildman–Crippen LogP) is 1.95. The maximum absolute atomic E-state index is 11.9. The van der Waals surface area contributed by atoms with Crippen molar-refractivity contribution in [2.75, 3.05) is 13.2 Å². The average Bonchev–Trinajstić information content (AvgIpc) is 2.28. The van der Waals surface area contributed by atoms with Crippen molar-refractivity contribution in [3.63, 3.8) is 0 Å². The molecule has 0 bridgehead atoms. The highest BCUT2D eigenvalue weighted by Crippen LogP contribution is 2.12. The number of allylic oxidation sites excluding steroid dienone is 4. The third-order valence-electron chi connectivity index (χ3n) is 2.95. The van der Waals surface area contributed by atoms with Crippen LogP contribution in [0.1, 0.15) is 33.1 Å². The SMILES string of the molecule is CC(C)(CCO)NCCC(=O)C1=CC(=S)CC=C1. The minimum absolute atomic E-state index is 0.112. The van der Waals surface area contributed by atoms with Crippen molar-refractivity contribution < 1.29 is 9.90 Å². The van der Waals surface area contributed by atoms with Crippen LogP contribution in [0.3, 0.4) is 0 Å². The van der Waals surface area contributed by atoms with Gasteiger partial charge in [-0.2, -0.15) is 0 Å². The van der Waals surface area contributed by atoms with Crippen LogP contribution in [0, 0.1) is 0 Å². The lowest BCUT2D eigenvalue weighted by molar-refractivity contribution is -0.115. The summed E-state index contributed by atoms with van der Waals surface area (Å²) in [6.45, 7) is 4.80. The summed E-state index contributed by atoms with van der Waals surface area (Å²) in [4.78, 5) is 12.7. The molecule has 1 aliphatic carbocycles. The number of thiocarbonyl (C=S) groups is 1. The van der Waals surface area contributed by atoms with Gasteiger partial charge in [-0.3, -0.25) is 4.79 Å². The first-order valence-electron chi connectivity index (χ1n) is 6.25. The van der Waals surface area contributed by atoms with Crippen LogP contribution in [0.25, 0.3) is 0 Å². The molecule has 0 aromatic carbocycles. The summed E-state index contributed by atoms with van der Waals surface area (Å²) in [6, 6.07) is 0. The van der Waals surface area contributed by atoms with Crippen LogP contribution >= 0.6 is 12.2 Å². The number of nitrogens with one attached hydrogen (secondary N) is 1. The van der Waals surface area contributed by atoms with E-state index in [1.54, 1.807) is 6.08 Å². The Labute approximate surface area is 114 Å². The fourth-order valence-electron chi connectivity index (χ4n) is 1.78. The molecular weight excluding hydrogens is 246 g/mol. The topological polar surface area (TPSA) is 49.3 Å². The molecule has 0 aliphatic heterocycles. The average molecular weight is 267 g/mol. The van der Waals surface area contributed by atoms with Crippen molar-refractivity contribution in [2.24, 2.45) is 0 Å². The van der Waals surface area contributed by atoms with Gasteiger partial charge in [-0.05, 0) is 26.3 Å². The Morgan fingerprint density at radius 2 is 2.28 bits per heavy atom. The van der Waals surface area contributed by atoms with Crippen molar-refractivity contribution in [1.29, 1.82) is 0 Å². The van der Waals surface area contributed by atoms with E-state index in [-0.39, 0.29) is 17.9 Å². The molecule has 0 heterocycles. The van der Waals surface area contributed by atoms with E-state index in [4.69, 9.17) is 17.3 Å². The van der Waals surface area contributed by atoms with Crippen LogP contribution in [-0.2, 0) is 4.79 Å². The molecule has 0 aromatic rings. The van der Waals surface area contributed by atoms with E-state index >= 15 is 0 Å². The largest absolute Gasteiger partial charge is 0.396 e. The first-order chi connectivity index (χ1) is 8.44. The lowest BCUT2D eigenvalue weighted by Gasteiger charge is -2.25. The summed E-state index contributed by atoms with van der Waals surface area (Å²) < 4.78 is 0. The van der Waals surface area contributed by atoms with Crippen LogP contribution in [-0.4, -0.2) is 34.4 Å². The molecule has 100 valence electrons. The third-order valence-corrected chi connectivity index (χ3v) is 3.23. The Kier molecular flexibility index (Phi) is 5.85.